The molecule has 1 saturated carbocycles. The van der Waals surface area contributed by atoms with Crippen LogP contribution < -0.4 is 22.5 Å². The number of nitrogens with two attached hydrogens (primary N) is 3. The summed E-state index contributed by atoms with van der Waals surface area (Å²) in [4.78, 5) is 52.4. The standard InChI is InChI=1S/C19H32N2O5.C6H14N4O2/c1-4-8-14(19(25)26-5-2)20-12(3)17(22)21-15-10-7-6-9-13(15)11-16(21)18(23)24;7-4(5(11)12)2-1-3-10-6(8)9/h12-16,20H,4-11H2,1-3H3,(H,23,24);4H,1-3,7H2,(H,11,12)(H4,8,9,10)/t12?,13-,14?,15-,16-;4-/m00/s1. The van der Waals surface area contributed by atoms with Gasteiger partial charge in [-0.1, -0.05) is 26.2 Å². The van der Waals surface area contributed by atoms with E-state index in [0.29, 0.717) is 38.8 Å². The molecular formula is C25H46N6O7. The first-order chi connectivity index (χ1) is 17.9. The largest absolute Gasteiger partial charge is 0.480 e. The van der Waals surface area contributed by atoms with E-state index >= 15 is 0 Å². The van der Waals surface area contributed by atoms with E-state index in [1.165, 1.54) is 0 Å². The summed E-state index contributed by atoms with van der Waals surface area (Å²) < 4.78 is 5.09. The molecule has 2 rings (SSSR count). The highest BCUT2D eigenvalue weighted by Gasteiger charge is 2.48. The summed E-state index contributed by atoms with van der Waals surface area (Å²) in [6.45, 7) is 6.14. The number of amides is 1. The molecule has 13 heteroatoms. The summed E-state index contributed by atoms with van der Waals surface area (Å²) in [5.41, 5.74) is 15.3. The second kappa shape index (κ2) is 16.8. The highest BCUT2D eigenvalue weighted by molar-refractivity contribution is 5.88. The highest BCUT2D eigenvalue weighted by atomic mass is 16.5. The van der Waals surface area contributed by atoms with Gasteiger partial charge in [0.15, 0.2) is 5.96 Å². The number of carbonyl (C=O) groups excluding carboxylic acids is 2. The number of rotatable bonds is 13. The normalized spacial score (nSPS) is 22.6. The number of aliphatic imine (C=N–C) groups is 1. The van der Waals surface area contributed by atoms with Gasteiger partial charge in [-0.2, -0.15) is 0 Å². The zero-order valence-corrected chi connectivity index (χ0v) is 22.8. The summed E-state index contributed by atoms with van der Waals surface area (Å²) in [7, 11) is 0. The molecule has 218 valence electrons. The summed E-state index contributed by atoms with van der Waals surface area (Å²) in [5.74, 6) is -2.23. The molecule has 0 radical (unpaired) electrons. The first kappa shape index (κ1) is 33.1. The van der Waals surface area contributed by atoms with Crippen LogP contribution in [-0.4, -0.2) is 88.2 Å². The molecule has 0 bridgehead atoms. The Morgan fingerprint density at radius 1 is 1.11 bits per heavy atom. The molecule has 9 N–H and O–H groups in total. The van der Waals surface area contributed by atoms with Crippen molar-refractivity contribution >= 4 is 29.8 Å². The molecule has 2 aliphatic rings. The molecule has 1 amide bonds. The second-order valence-electron chi connectivity index (χ2n) is 9.82. The molecule has 0 aromatic rings. The molecule has 0 aromatic carbocycles. The van der Waals surface area contributed by atoms with E-state index in [1.807, 2.05) is 6.92 Å². The van der Waals surface area contributed by atoms with Crippen LogP contribution in [0.15, 0.2) is 4.99 Å². The fourth-order valence-electron chi connectivity index (χ4n) is 5.04. The van der Waals surface area contributed by atoms with E-state index < -0.39 is 36.1 Å². The van der Waals surface area contributed by atoms with E-state index in [-0.39, 0.29) is 29.8 Å². The lowest BCUT2D eigenvalue weighted by Crippen LogP contribution is -2.55. The summed E-state index contributed by atoms with van der Waals surface area (Å²) >= 11 is 0. The predicted molar refractivity (Wildman–Crippen MR) is 142 cm³/mol. The average molecular weight is 543 g/mol. The van der Waals surface area contributed by atoms with Crippen LogP contribution in [0.3, 0.4) is 0 Å². The van der Waals surface area contributed by atoms with Crippen molar-refractivity contribution in [1.29, 1.82) is 0 Å². The molecule has 13 nitrogen and oxygen atoms in total. The minimum atomic E-state index is -1.00. The van der Waals surface area contributed by atoms with Gasteiger partial charge < -0.3 is 37.1 Å². The van der Waals surface area contributed by atoms with Gasteiger partial charge in [0.2, 0.25) is 5.91 Å². The number of likely N-dealkylation sites (tertiary alicyclic amines) is 1. The number of guanidine groups is 1. The van der Waals surface area contributed by atoms with Crippen LogP contribution in [0.4, 0.5) is 0 Å². The first-order valence-corrected chi connectivity index (χ1v) is 13.5. The Bertz CT molecular complexity index is 820. The minimum Gasteiger partial charge on any atom is -0.480 e. The molecule has 1 heterocycles. The fourth-order valence-corrected chi connectivity index (χ4v) is 5.04. The summed E-state index contributed by atoms with van der Waals surface area (Å²) in [5, 5.41) is 21.1. The topological polar surface area (TPSA) is 224 Å². The van der Waals surface area contributed by atoms with Gasteiger partial charge in [0.25, 0.3) is 0 Å². The summed E-state index contributed by atoms with van der Waals surface area (Å²) in [6.07, 6.45) is 6.83. The van der Waals surface area contributed by atoms with Crippen LogP contribution in [0, 0.1) is 5.92 Å². The van der Waals surface area contributed by atoms with E-state index in [0.717, 1.165) is 32.1 Å². The number of carboxylic acids is 2. The number of fused-ring (bicyclic) bond motifs is 1. The fraction of sp³-hybridized carbons (Fsp3) is 0.800. The predicted octanol–water partition coefficient (Wildman–Crippen LogP) is 0.393. The van der Waals surface area contributed by atoms with Crippen molar-refractivity contribution in [2.45, 2.75) is 109 Å². The number of hydrogen-bond acceptors (Lipinski definition) is 8. The zero-order valence-electron chi connectivity index (χ0n) is 22.8. The van der Waals surface area contributed by atoms with Gasteiger partial charge in [0, 0.05) is 12.6 Å². The quantitative estimate of drug-likeness (QED) is 0.0808. The first-order valence-electron chi connectivity index (χ1n) is 13.5. The van der Waals surface area contributed by atoms with Crippen molar-refractivity contribution in [2.24, 2.45) is 28.1 Å². The SMILES string of the molecule is CCCC(NC(C)C(=O)N1[C@H](C(=O)O)C[C@@H]2CCCC[C@@H]21)C(=O)OCC.NC(N)=NCCC[C@H](N)C(=O)O. The van der Waals surface area contributed by atoms with Crippen LogP contribution in [-0.2, 0) is 23.9 Å². The smallest absolute Gasteiger partial charge is 0.326 e. The van der Waals surface area contributed by atoms with Crippen LogP contribution in [0.1, 0.15) is 78.6 Å². The van der Waals surface area contributed by atoms with E-state index in [1.54, 1.807) is 18.7 Å². The minimum absolute atomic E-state index is 0.00817. The Morgan fingerprint density at radius 3 is 2.32 bits per heavy atom. The third-order valence-electron chi connectivity index (χ3n) is 6.88. The second-order valence-corrected chi connectivity index (χ2v) is 9.82. The van der Waals surface area contributed by atoms with Crippen molar-refractivity contribution in [3.05, 3.63) is 0 Å². The molecule has 1 aliphatic heterocycles. The van der Waals surface area contributed by atoms with Crippen LogP contribution in [0.5, 0.6) is 0 Å². The van der Waals surface area contributed by atoms with E-state index in [4.69, 9.17) is 27.0 Å². The molecule has 1 aliphatic carbocycles. The number of aliphatic carboxylic acids is 2. The zero-order chi connectivity index (χ0) is 28.8. The number of nitrogens with zero attached hydrogens (tertiary/aromatic N) is 2. The van der Waals surface area contributed by atoms with Crippen LogP contribution in [0.25, 0.3) is 0 Å². The third kappa shape index (κ3) is 10.4. The van der Waals surface area contributed by atoms with Gasteiger partial charge in [-0.25, -0.2) is 4.79 Å². The van der Waals surface area contributed by atoms with Crippen molar-refractivity contribution in [3.63, 3.8) is 0 Å². The Balaban J connectivity index is 0.000000508. The van der Waals surface area contributed by atoms with Crippen molar-refractivity contribution < 1.29 is 34.1 Å². The van der Waals surface area contributed by atoms with Gasteiger partial charge in [-0.15, -0.1) is 0 Å². The van der Waals surface area contributed by atoms with E-state index in [2.05, 4.69) is 10.3 Å². The molecule has 6 atom stereocenters. The Morgan fingerprint density at radius 2 is 1.76 bits per heavy atom. The Hall–Kier alpha value is -2.93. The number of ether oxygens (including phenoxy) is 1. The maximum Gasteiger partial charge on any atom is 0.326 e. The lowest BCUT2D eigenvalue weighted by Gasteiger charge is -2.35. The average Bonchev–Trinajstić information content (AvgIpc) is 3.26. The molecule has 1 saturated heterocycles. The van der Waals surface area contributed by atoms with Gasteiger partial charge in [-0.05, 0) is 58.3 Å². The third-order valence-corrected chi connectivity index (χ3v) is 6.88. The van der Waals surface area contributed by atoms with Crippen LogP contribution in [0.2, 0.25) is 0 Å². The molecule has 2 fully saturated rings. The van der Waals surface area contributed by atoms with Crippen molar-refractivity contribution in [1.82, 2.24) is 10.2 Å². The van der Waals surface area contributed by atoms with Gasteiger partial charge in [0.1, 0.15) is 18.1 Å². The lowest BCUT2D eigenvalue weighted by molar-refractivity contribution is -0.152. The van der Waals surface area contributed by atoms with Crippen LogP contribution >= 0.6 is 0 Å². The number of carbonyl (C=O) groups is 4. The lowest BCUT2D eigenvalue weighted by atomic mass is 9.84. The maximum atomic E-state index is 13.1. The number of nitrogens with one attached hydrogen (secondary N) is 1. The Kier molecular flexibility index (Phi) is 14.6. The van der Waals surface area contributed by atoms with Gasteiger partial charge >= 0.3 is 17.9 Å². The maximum absolute atomic E-state index is 13.1. The van der Waals surface area contributed by atoms with Gasteiger partial charge in [0.05, 0.1) is 12.6 Å². The molecule has 0 aromatic heterocycles. The summed E-state index contributed by atoms with van der Waals surface area (Å²) in [6, 6.07) is -2.74. The Labute approximate surface area is 224 Å². The number of carboxylic acid groups (broad SMARTS) is 2. The monoisotopic (exact) mass is 542 g/mol. The molecule has 2 unspecified atom stereocenters. The highest BCUT2D eigenvalue weighted by Crippen LogP contribution is 2.40. The van der Waals surface area contributed by atoms with Crippen molar-refractivity contribution in [2.75, 3.05) is 13.2 Å². The number of hydrogen-bond donors (Lipinski definition) is 6. The number of esters is 1. The molecule has 0 spiro atoms. The van der Waals surface area contributed by atoms with Gasteiger partial charge in [-0.3, -0.25) is 24.7 Å². The molecule has 38 heavy (non-hydrogen) atoms. The molecular weight excluding hydrogens is 496 g/mol. The van der Waals surface area contributed by atoms with E-state index in [9.17, 15) is 24.3 Å². The van der Waals surface area contributed by atoms with Crippen molar-refractivity contribution in [3.8, 4) is 0 Å².